The zero-order valence-corrected chi connectivity index (χ0v) is 46.8. The maximum atomic E-state index is 7.47. The van der Waals surface area contributed by atoms with Gasteiger partial charge in [-0.05, 0) is 152 Å². The van der Waals surface area contributed by atoms with E-state index in [-0.39, 0.29) is 16.7 Å². The third-order valence-corrected chi connectivity index (χ3v) is 17.1. The molecule has 0 fully saturated rings. The van der Waals surface area contributed by atoms with Crippen molar-refractivity contribution in [2.24, 2.45) is 0 Å². The Kier molecular flexibility index (Phi) is 11.4. The zero-order chi connectivity index (χ0) is 54.7. The van der Waals surface area contributed by atoms with Crippen LogP contribution in [0.4, 0.5) is 34.4 Å². The van der Waals surface area contributed by atoms with E-state index >= 15 is 0 Å². The minimum atomic E-state index is -0.775. The number of benzene rings is 8. The lowest BCUT2D eigenvalue weighted by Gasteiger charge is -2.34. The first-order chi connectivity index (χ1) is 38.8. The molecule has 11 aromatic rings. The van der Waals surface area contributed by atoms with Crippen molar-refractivity contribution in [3.63, 3.8) is 0 Å². The minimum Gasteiger partial charge on any atom is -0.455 e. The quantitative estimate of drug-likeness (QED) is 0.152. The van der Waals surface area contributed by atoms with E-state index in [0.717, 1.165) is 96.1 Å². The van der Waals surface area contributed by atoms with Crippen LogP contribution in [-0.4, -0.2) is 9.97 Å². The van der Waals surface area contributed by atoms with Gasteiger partial charge in [0.25, 0.3) is 0 Å². The molecule has 3 heterocycles. The Morgan fingerprint density at radius 3 is 1.74 bits per heavy atom. The number of allylic oxidation sites excluding steroid dienone is 4. The Bertz CT molecular complexity index is 4270. The first-order valence-corrected chi connectivity index (χ1v) is 28.2. The fourth-order valence-corrected chi connectivity index (χ4v) is 13.2. The van der Waals surface area contributed by atoms with Gasteiger partial charge in [0.1, 0.15) is 22.8 Å². The fraction of sp³-hybridized carbons (Fsp3) is 0.173. The van der Waals surface area contributed by atoms with Gasteiger partial charge in [-0.2, -0.15) is 0 Å². The van der Waals surface area contributed by atoms with E-state index in [9.17, 15) is 0 Å². The number of fused-ring (bicyclic) bond motifs is 14. The lowest BCUT2D eigenvalue weighted by molar-refractivity contribution is 0.590. The number of anilines is 6. The van der Waals surface area contributed by atoms with Gasteiger partial charge in [0.05, 0.1) is 16.5 Å². The first-order valence-electron chi connectivity index (χ1n) is 28.2. The molecule has 5 nitrogen and oxygen atoms in total. The van der Waals surface area contributed by atoms with Gasteiger partial charge in [-0.1, -0.05) is 199 Å². The Hall–Kier alpha value is -9.06. The van der Waals surface area contributed by atoms with Crippen molar-refractivity contribution >= 4 is 56.3 Å². The molecule has 80 heavy (non-hydrogen) atoms. The second-order valence-electron chi connectivity index (χ2n) is 24.3. The zero-order valence-electron chi connectivity index (χ0n) is 46.8. The Labute approximate surface area is 470 Å². The highest BCUT2D eigenvalue weighted by Crippen LogP contribution is 2.66. The summed E-state index contributed by atoms with van der Waals surface area (Å²) in [7, 11) is 0. The molecule has 0 saturated carbocycles. The topological polar surface area (TPSA) is 45.4 Å². The second-order valence-corrected chi connectivity index (χ2v) is 24.3. The summed E-state index contributed by atoms with van der Waals surface area (Å²) in [4.78, 5) is 15.7. The van der Waals surface area contributed by atoms with Crippen molar-refractivity contribution < 1.29 is 4.42 Å². The molecule has 0 radical (unpaired) electrons. The van der Waals surface area contributed by atoms with Crippen LogP contribution in [0.3, 0.4) is 0 Å². The number of aromatic nitrogens is 2. The normalized spacial score (nSPS) is 14.8. The molecule has 5 heteroatoms. The minimum absolute atomic E-state index is 0.0245. The summed E-state index contributed by atoms with van der Waals surface area (Å²) < 4.78 is 7.47. The van der Waals surface area contributed by atoms with Gasteiger partial charge in [-0.25, -0.2) is 9.97 Å². The number of hydrogen-bond donors (Lipinski definition) is 0. The Balaban J connectivity index is 1.10. The molecular weight excluding hydrogens is 973 g/mol. The van der Waals surface area contributed by atoms with E-state index in [1.807, 2.05) is 12.4 Å². The second kappa shape index (κ2) is 18.5. The summed E-state index contributed by atoms with van der Waals surface area (Å²) in [6.45, 7) is 18.0. The number of nitrogens with zero attached hydrogens (tertiary/aromatic N) is 4. The van der Waals surface area contributed by atoms with Crippen LogP contribution in [0.15, 0.2) is 229 Å². The highest BCUT2D eigenvalue weighted by atomic mass is 16.3. The van der Waals surface area contributed by atoms with E-state index in [2.05, 4.69) is 278 Å². The molecule has 3 aromatic heterocycles. The molecule has 0 saturated heterocycles. The lowest BCUT2D eigenvalue weighted by atomic mass is 9.70. The number of hydrogen-bond acceptors (Lipinski definition) is 5. The predicted octanol–water partition coefficient (Wildman–Crippen LogP) is 20.1. The van der Waals surface area contributed by atoms with Crippen LogP contribution in [0.5, 0.6) is 0 Å². The summed E-state index contributed by atoms with van der Waals surface area (Å²) in [5.74, 6) is 1.90. The monoisotopic (exact) mass is 1040 g/mol. The van der Waals surface area contributed by atoms with Crippen molar-refractivity contribution in [3.05, 3.63) is 275 Å². The predicted molar refractivity (Wildman–Crippen MR) is 333 cm³/mol. The number of pyridine rings is 2. The van der Waals surface area contributed by atoms with Crippen LogP contribution < -0.4 is 9.80 Å². The van der Waals surface area contributed by atoms with Crippen molar-refractivity contribution in [3.8, 4) is 33.4 Å². The SMILES string of the molecule is Cc1cnc(N(c2ccc(C(C)(C)C)cc2)c2ccc3c(c2)C2(c4ccccc4-c4ccccc42)c2cc(N(c4ccc(C(C)(C)C)cc4)c4ncc(C)cc4C4C=CC=CC4)c4c(oc5ccccc54)c2-3)c(-c2ccccc2)c1. The van der Waals surface area contributed by atoms with E-state index in [1.54, 1.807) is 0 Å². The molecule has 8 aromatic carbocycles. The molecule has 0 N–H and O–H groups in total. The van der Waals surface area contributed by atoms with Crippen molar-refractivity contribution in [1.29, 1.82) is 0 Å². The average Bonchev–Trinajstić information content (AvgIpc) is 4.21. The fourth-order valence-electron chi connectivity index (χ4n) is 13.2. The maximum Gasteiger partial charge on any atom is 0.145 e. The number of para-hydroxylation sites is 1. The number of aryl methyl sites for hydroxylation is 2. The lowest BCUT2D eigenvalue weighted by Crippen LogP contribution is -2.27. The van der Waals surface area contributed by atoms with Crippen LogP contribution in [0.1, 0.15) is 104 Å². The molecule has 3 aliphatic rings. The van der Waals surface area contributed by atoms with Gasteiger partial charge in [0, 0.05) is 57.5 Å². The summed E-state index contributed by atoms with van der Waals surface area (Å²) in [6, 6.07) is 70.1. The van der Waals surface area contributed by atoms with Crippen molar-refractivity contribution in [2.75, 3.05) is 9.80 Å². The summed E-state index contributed by atoms with van der Waals surface area (Å²) >= 11 is 0. The molecule has 3 aliphatic carbocycles. The van der Waals surface area contributed by atoms with Crippen molar-refractivity contribution in [2.45, 2.75) is 84.0 Å². The molecule has 1 atom stereocenters. The van der Waals surface area contributed by atoms with Crippen molar-refractivity contribution in [1.82, 2.24) is 9.97 Å². The Morgan fingerprint density at radius 1 is 0.500 bits per heavy atom. The van der Waals surface area contributed by atoms with Gasteiger partial charge >= 0.3 is 0 Å². The Morgan fingerprint density at radius 2 is 1.09 bits per heavy atom. The molecule has 1 unspecified atom stereocenters. The molecular formula is C75H64N4O. The molecule has 0 bridgehead atoms. The van der Waals surface area contributed by atoms with E-state index in [4.69, 9.17) is 14.4 Å². The highest BCUT2D eigenvalue weighted by molar-refractivity contribution is 6.20. The maximum absolute atomic E-state index is 7.47. The summed E-state index contributed by atoms with van der Waals surface area (Å²) in [6.07, 6.45) is 13.9. The van der Waals surface area contributed by atoms with Crippen LogP contribution in [0.25, 0.3) is 55.3 Å². The van der Waals surface area contributed by atoms with Gasteiger partial charge in [-0.15, -0.1) is 0 Å². The first kappa shape index (κ1) is 49.2. The van der Waals surface area contributed by atoms with Crippen LogP contribution in [-0.2, 0) is 16.2 Å². The van der Waals surface area contributed by atoms with E-state index in [1.165, 1.54) is 50.1 Å². The molecule has 0 amide bonds. The third-order valence-electron chi connectivity index (χ3n) is 17.1. The highest BCUT2D eigenvalue weighted by Gasteiger charge is 2.53. The van der Waals surface area contributed by atoms with Crippen LogP contribution in [0.2, 0.25) is 0 Å². The molecule has 0 aliphatic heterocycles. The number of rotatable bonds is 8. The molecule has 14 rings (SSSR count). The van der Waals surface area contributed by atoms with Crippen LogP contribution in [0, 0.1) is 13.8 Å². The van der Waals surface area contributed by atoms with Crippen LogP contribution >= 0.6 is 0 Å². The van der Waals surface area contributed by atoms with Gasteiger partial charge < -0.3 is 4.42 Å². The van der Waals surface area contributed by atoms with Gasteiger partial charge in [0.2, 0.25) is 0 Å². The smallest absolute Gasteiger partial charge is 0.145 e. The third kappa shape index (κ3) is 7.73. The van der Waals surface area contributed by atoms with Gasteiger partial charge in [-0.3, -0.25) is 9.80 Å². The summed E-state index contributed by atoms with van der Waals surface area (Å²) in [5.41, 5.74) is 22.6. The number of furan rings is 1. The summed E-state index contributed by atoms with van der Waals surface area (Å²) in [5, 5.41) is 2.11. The largest absolute Gasteiger partial charge is 0.455 e. The van der Waals surface area contributed by atoms with E-state index < -0.39 is 5.41 Å². The average molecular weight is 1040 g/mol. The molecule has 1 spiro atoms. The standard InChI is InChI=1S/C75H64N4O/c1-47-41-60(49-21-11-9-12-22-49)71(76-45-47)78(53-35-31-51(32-36-53)73(3,4)5)55-39-40-58-64(43-55)75(62-28-18-15-25-56(62)57-26-16-19-29-63(57)75)65-44-66(69-59-27-17-20-30-67(59)80-70(69)68(58)65)79(54-37-33-52(34-38-54)74(6,7)8)72-61(42-48(2)46-77-72)50-23-13-10-14-24-50/h9-23,25-46,50H,24H2,1-8H3. The van der Waals surface area contributed by atoms with E-state index in [0.29, 0.717) is 0 Å². The van der Waals surface area contributed by atoms with Gasteiger partial charge in [0.15, 0.2) is 0 Å². The molecule has 390 valence electrons.